The molecule has 2 rings (SSSR count). The molecule has 0 N–H and O–H groups in total. The quantitative estimate of drug-likeness (QED) is 0.785. The molecule has 1 aliphatic heterocycles. The van der Waals surface area contributed by atoms with E-state index in [1.165, 1.54) is 4.31 Å². The number of alkyl halides is 1. The van der Waals surface area contributed by atoms with Crippen molar-refractivity contribution >= 4 is 21.6 Å². The van der Waals surface area contributed by atoms with Crippen LogP contribution < -0.4 is 0 Å². The fraction of sp³-hybridized carbons (Fsp3) is 0.600. The van der Waals surface area contributed by atoms with Crippen LogP contribution in [0.1, 0.15) is 39.2 Å². The lowest BCUT2D eigenvalue weighted by molar-refractivity contribution is 0.350. The van der Waals surface area contributed by atoms with Gasteiger partial charge in [-0.1, -0.05) is 32.9 Å². The second-order valence-corrected chi connectivity index (χ2v) is 8.91. The van der Waals surface area contributed by atoms with E-state index in [1.807, 2.05) is 12.1 Å². The highest BCUT2D eigenvalue weighted by molar-refractivity contribution is 7.89. The van der Waals surface area contributed by atoms with Crippen LogP contribution in [0.3, 0.4) is 0 Å². The van der Waals surface area contributed by atoms with Gasteiger partial charge in [0.05, 0.1) is 4.90 Å². The summed E-state index contributed by atoms with van der Waals surface area (Å²) < 4.78 is 26.6. The summed E-state index contributed by atoms with van der Waals surface area (Å²) in [5.41, 5.74) is 1.16. The Morgan fingerprint density at radius 3 is 2.05 bits per heavy atom. The summed E-state index contributed by atoms with van der Waals surface area (Å²) in [5, 5.41) is 0.102. The smallest absolute Gasteiger partial charge is 0.207 e. The van der Waals surface area contributed by atoms with Crippen LogP contribution in [0, 0.1) is 0 Å². The van der Waals surface area contributed by atoms with Crippen LogP contribution >= 0.6 is 11.6 Å². The van der Waals surface area contributed by atoms with Crippen LogP contribution in [-0.2, 0) is 15.4 Å². The first kappa shape index (κ1) is 15.8. The molecule has 0 unspecified atom stereocenters. The van der Waals surface area contributed by atoms with Crippen LogP contribution in [-0.4, -0.2) is 31.2 Å². The summed E-state index contributed by atoms with van der Waals surface area (Å²) in [4.78, 5) is 0.374. The molecule has 0 bridgehead atoms. The highest BCUT2D eigenvalue weighted by Crippen LogP contribution is 2.26. The standard InChI is InChI=1S/C15H22ClNO2S/c1-15(2,3)12-4-6-14(7-5-12)20(18,19)17-10-8-13(16)9-11-17/h4-7,13H,8-11H2,1-3H3. The van der Waals surface area contributed by atoms with Gasteiger partial charge in [-0.2, -0.15) is 4.31 Å². The minimum atomic E-state index is -3.37. The van der Waals surface area contributed by atoms with Crippen molar-refractivity contribution in [2.45, 2.75) is 49.3 Å². The molecule has 5 heteroatoms. The van der Waals surface area contributed by atoms with Gasteiger partial charge in [0.1, 0.15) is 0 Å². The summed E-state index contributed by atoms with van der Waals surface area (Å²) in [6.07, 6.45) is 1.45. The van der Waals surface area contributed by atoms with Crippen molar-refractivity contribution in [1.29, 1.82) is 0 Å². The largest absolute Gasteiger partial charge is 0.243 e. The predicted octanol–water partition coefficient (Wildman–Crippen LogP) is 3.38. The maximum Gasteiger partial charge on any atom is 0.243 e. The lowest BCUT2D eigenvalue weighted by Crippen LogP contribution is -2.38. The number of piperidine rings is 1. The molecule has 1 aromatic carbocycles. The zero-order valence-corrected chi connectivity index (χ0v) is 13.8. The molecule has 1 saturated heterocycles. The van der Waals surface area contributed by atoms with E-state index in [0.29, 0.717) is 18.0 Å². The molecule has 1 aliphatic rings. The van der Waals surface area contributed by atoms with Gasteiger partial charge in [0.2, 0.25) is 10.0 Å². The van der Waals surface area contributed by atoms with Crippen LogP contribution in [0.5, 0.6) is 0 Å². The van der Waals surface area contributed by atoms with Crippen molar-refractivity contribution < 1.29 is 8.42 Å². The Labute approximate surface area is 127 Å². The maximum absolute atomic E-state index is 12.5. The Balaban J connectivity index is 2.22. The molecule has 3 nitrogen and oxygen atoms in total. The van der Waals surface area contributed by atoms with Gasteiger partial charge in [0, 0.05) is 18.5 Å². The summed E-state index contributed by atoms with van der Waals surface area (Å²) in [7, 11) is -3.37. The lowest BCUT2D eigenvalue weighted by Gasteiger charge is -2.28. The monoisotopic (exact) mass is 315 g/mol. The van der Waals surface area contributed by atoms with Crippen molar-refractivity contribution in [2.75, 3.05) is 13.1 Å². The van der Waals surface area contributed by atoms with E-state index < -0.39 is 10.0 Å². The Kier molecular flexibility index (Phi) is 4.47. The topological polar surface area (TPSA) is 37.4 Å². The Bertz CT molecular complexity index is 553. The molecule has 1 fully saturated rings. The van der Waals surface area contributed by atoms with Gasteiger partial charge in [-0.3, -0.25) is 0 Å². The third-order valence-electron chi connectivity index (χ3n) is 3.74. The maximum atomic E-state index is 12.5. The van der Waals surface area contributed by atoms with Crippen molar-refractivity contribution in [2.24, 2.45) is 0 Å². The first-order valence-electron chi connectivity index (χ1n) is 6.96. The summed E-state index contributed by atoms with van der Waals surface area (Å²) in [6.45, 7) is 7.36. The van der Waals surface area contributed by atoms with Gasteiger partial charge in [-0.25, -0.2) is 8.42 Å². The van der Waals surface area contributed by atoms with Crippen molar-refractivity contribution in [3.63, 3.8) is 0 Å². The summed E-state index contributed by atoms with van der Waals surface area (Å²) in [5.74, 6) is 0. The fourth-order valence-electron chi connectivity index (χ4n) is 2.34. The average molecular weight is 316 g/mol. The van der Waals surface area contributed by atoms with E-state index in [-0.39, 0.29) is 10.8 Å². The second-order valence-electron chi connectivity index (χ2n) is 6.35. The molecule has 0 radical (unpaired) electrons. The predicted molar refractivity (Wildman–Crippen MR) is 82.8 cm³/mol. The lowest BCUT2D eigenvalue weighted by atomic mass is 9.87. The number of benzene rings is 1. The molecule has 20 heavy (non-hydrogen) atoms. The van der Waals surface area contributed by atoms with E-state index in [2.05, 4.69) is 20.8 Å². The number of sulfonamides is 1. The van der Waals surface area contributed by atoms with Gasteiger partial charge in [-0.05, 0) is 36.0 Å². The summed E-state index contributed by atoms with van der Waals surface area (Å²) >= 11 is 6.03. The fourth-order valence-corrected chi connectivity index (χ4v) is 4.01. The molecule has 0 spiro atoms. The number of rotatable bonds is 2. The number of halogens is 1. The van der Waals surface area contributed by atoms with Crippen molar-refractivity contribution in [3.8, 4) is 0 Å². The van der Waals surface area contributed by atoms with Gasteiger partial charge >= 0.3 is 0 Å². The van der Waals surface area contributed by atoms with Gasteiger partial charge < -0.3 is 0 Å². The number of hydrogen-bond acceptors (Lipinski definition) is 2. The molecule has 112 valence electrons. The van der Waals surface area contributed by atoms with Gasteiger partial charge in [0.15, 0.2) is 0 Å². The molecule has 1 heterocycles. The normalized spacial score (nSPS) is 19.2. The summed E-state index contributed by atoms with van der Waals surface area (Å²) in [6, 6.07) is 7.23. The second kappa shape index (κ2) is 5.66. The molecular weight excluding hydrogens is 294 g/mol. The third-order valence-corrected chi connectivity index (χ3v) is 6.09. The molecular formula is C15H22ClNO2S. The van der Waals surface area contributed by atoms with Gasteiger partial charge in [-0.15, -0.1) is 11.6 Å². The van der Waals surface area contributed by atoms with Crippen LogP contribution in [0.2, 0.25) is 0 Å². The molecule has 1 aromatic rings. The van der Waals surface area contributed by atoms with E-state index in [9.17, 15) is 8.42 Å². The first-order chi connectivity index (χ1) is 9.21. The molecule has 0 atom stereocenters. The van der Waals surface area contributed by atoms with Gasteiger partial charge in [0.25, 0.3) is 0 Å². The van der Waals surface area contributed by atoms with E-state index >= 15 is 0 Å². The Morgan fingerprint density at radius 2 is 1.60 bits per heavy atom. The number of nitrogens with zero attached hydrogens (tertiary/aromatic N) is 1. The SMILES string of the molecule is CC(C)(C)c1ccc(S(=O)(=O)N2CCC(Cl)CC2)cc1. The van der Waals surface area contributed by atoms with E-state index in [0.717, 1.165) is 18.4 Å². The molecule has 0 saturated carbocycles. The van der Waals surface area contributed by atoms with Crippen LogP contribution in [0.25, 0.3) is 0 Å². The Hall–Kier alpha value is -0.580. The molecule has 0 aliphatic carbocycles. The zero-order chi connectivity index (χ0) is 15.0. The number of hydrogen-bond donors (Lipinski definition) is 0. The zero-order valence-electron chi connectivity index (χ0n) is 12.3. The molecule has 0 amide bonds. The van der Waals surface area contributed by atoms with E-state index in [4.69, 9.17) is 11.6 Å². The molecule has 0 aromatic heterocycles. The Morgan fingerprint density at radius 1 is 1.10 bits per heavy atom. The van der Waals surface area contributed by atoms with E-state index in [1.54, 1.807) is 12.1 Å². The van der Waals surface area contributed by atoms with Crippen LogP contribution in [0.15, 0.2) is 29.2 Å². The van der Waals surface area contributed by atoms with Crippen molar-refractivity contribution in [1.82, 2.24) is 4.31 Å². The van der Waals surface area contributed by atoms with Crippen LogP contribution in [0.4, 0.5) is 0 Å². The highest BCUT2D eigenvalue weighted by Gasteiger charge is 2.28. The third kappa shape index (κ3) is 3.35. The van der Waals surface area contributed by atoms with Crippen molar-refractivity contribution in [3.05, 3.63) is 29.8 Å². The average Bonchev–Trinajstić information content (AvgIpc) is 2.38. The minimum Gasteiger partial charge on any atom is -0.207 e. The minimum absolute atomic E-state index is 0.0270. The first-order valence-corrected chi connectivity index (χ1v) is 8.84. The highest BCUT2D eigenvalue weighted by atomic mass is 35.5.